The van der Waals surface area contributed by atoms with Crippen molar-refractivity contribution in [1.29, 1.82) is 0 Å². The van der Waals surface area contributed by atoms with Crippen LogP contribution in [0.3, 0.4) is 0 Å². The second kappa shape index (κ2) is 8.45. The van der Waals surface area contributed by atoms with Crippen molar-refractivity contribution < 1.29 is 18.0 Å². The van der Waals surface area contributed by atoms with Crippen LogP contribution in [-0.2, 0) is 9.84 Å². The van der Waals surface area contributed by atoms with Gasteiger partial charge < -0.3 is 16.0 Å². The van der Waals surface area contributed by atoms with Crippen LogP contribution in [0.1, 0.15) is 17.4 Å². The summed E-state index contributed by atoms with van der Waals surface area (Å²) >= 11 is 0. The fraction of sp³-hybridized carbons (Fsp3) is 0.250. The maximum absolute atomic E-state index is 12.1. The van der Waals surface area contributed by atoms with Crippen molar-refractivity contribution in [2.75, 3.05) is 30.5 Å². The molecule has 2 rings (SSSR count). The Morgan fingerprint density at radius 3 is 2.44 bits per heavy atom. The van der Waals surface area contributed by atoms with Crippen LogP contribution in [0.5, 0.6) is 0 Å². The summed E-state index contributed by atoms with van der Waals surface area (Å²) in [5, 5.41) is 18.0. The van der Waals surface area contributed by atoms with Gasteiger partial charge in [-0.05, 0) is 19.1 Å². The van der Waals surface area contributed by atoms with E-state index in [9.17, 15) is 18.0 Å². The molecule has 0 unspecified atom stereocenters. The predicted molar refractivity (Wildman–Crippen MR) is 101 cm³/mol. The Morgan fingerprint density at radius 1 is 1.11 bits per heavy atom. The zero-order valence-corrected chi connectivity index (χ0v) is 15.8. The summed E-state index contributed by atoms with van der Waals surface area (Å²) in [7, 11) is -2.08. The molecule has 1 aromatic heterocycles. The normalized spacial score (nSPS) is 10.8. The van der Waals surface area contributed by atoms with E-state index in [0.717, 1.165) is 6.26 Å². The van der Waals surface area contributed by atoms with E-state index < -0.39 is 21.8 Å². The number of nitrogens with zero attached hydrogens (tertiary/aromatic N) is 2. The highest BCUT2D eigenvalue weighted by Gasteiger charge is 2.18. The predicted octanol–water partition coefficient (Wildman–Crippen LogP) is 1.12. The van der Waals surface area contributed by atoms with E-state index in [1.165, 1.54) is 19.2 Å². The van der Waals surface area contributed by atoms with E-state index in [4.69, 9.17) is 0 Å². The van der Waals surface area contributed by atoms with Gasteiger partial charge in [0.25, 0.3) is 5.91 Å². The first-order valence-electron chi connectivity index (χ1n) is 7.97. The first-order chi connectivity index (χ1) is 12.8. The van der Waals surface area contributed by atoms with Crippen LogP contribution < -0.4 is 21.3 Å². The fourth-order valence-corrected chi connectivity index (χ4v) is 3.04. The summed E-state index contributed by atoms with van der Waals surface area (Å²) in [6, 6.07) is 7.15. The Kier molecular flexibility index (Phi) is 6.29. The van der Waals surface area contributed by atoms with Crippen LogP contribution in [0, 0.1) is 0 Å². The third kappa shape index (κ3) is 5.14. The number of aromatic nitrogens is 2. The molecule has 1 aromatic carbocycles. The molecule has 27 heavy (non-hydrogen) atoms. The molecule has 0 spiro atoms. The first kappa shape index (κ1) is 20.1. The standard InChI is InChI=1S/C16H20N6O4S/c1-4-18-16(24)20-13-9-11(14(22-21-13)15(23)17-2)19-10-7-5-6-8-12(10)27(3,25)26/h5-9H,4H2,1-3H3,(H,17,23)(H3,18,19,20,21,24). The number of rotatable bonds is 6. The number of hydrogen-bond donors (Lipinski definition) is 4. The summed E-state index contributed by atoms with van der Waals surface area (Å²) in [6.07, 6.45) is 1.08. The molecule has 10 nitrogen and oxygen atoms in total. The van der Waals surface area contributed by atoms with Gasteiger partial charge in [0.05, 0.1) is 16.3 Å². The van der Waals surface area contributed by atoms with E-state index in [1.54, 1.807) is 25.1 Å². The zero-order valence-electron chi connectivity index (χ0n) is 15.0. The lowest BCUT2D eigenvalue weighted by Gasteiger charge is -2.14. The number of nitrogens with one attached hydrogen (secondary N) is 4. The molecule has 4 N–H and O–H groups in total. The van der Waals surface area contributed by atoms with E-state index in [0.29, 0.717) is 6.54 Å². The van der Waals surface area contributed by atoms with Crippen LogP contribution in [0.25, 0.3) is 0 Å². The molecule has 0 aliphatic rings. The van der Waals surface area contributed by atoms with Crippen molar-refractivity contribution in [1.82, 2.24) is 20.8 Å². The average Bonchev–Trinajstić information content (AvgIpc) is 2.61. The van der Waals surface area contributed by atoms with Crippen molar-refractivity contribution in [3.8, 4) is 0 Å². The largest absolute Gasteiger partial charge is 0.354 e. The maximum atomic E-state index is 12.1. The number of carbonyl (C=O) groups is 2. The molecule has 0 aliphatic carbocycles. The Bertz CT molecular complexity index is 961. The van der Waals surface area contributed by atoms with Gasteiger partial charge in [-0.15, -0.1) is 10.2 Å². The molecule has 0 atom stereocenters. The van der Waals surface area contributed by atoms with E-state index in [-0.39, 0.29) is 27.8 Å². The summed E-state index contributed by atoms with van der Waals surface area (Å²) < 4.78 is 24.0. The minimum Gasteiger partial charge on any atom is -0.354 e. The lowest BCUT2D eigenvalue weighted by molar-refractivity contribution is 0.0958. The van der Waals surface area contributed by atoms with Crippen LogP contribution in [0.4, 0.5) is 22.0 Å². The van der Waals surface area contributed by atoms with Crippen molar-refractivity contribution in [2.24, 2.45) is 0 Å². The third-order valence-electron chi connectivity index (χ3n) is 3.37. The summed E-state index contributed by atoms with van der Waals surface area (Å²) in [4.78, 5) is 23.8. The van der Waals surface area contributed by atoms with Gasteiger partial charge in [0, 0.05) is 25.9 Å². The van der Waals surface area contributed by atoms with Gasteiger partial charge in [-0.3, -0.25) is 10.1 Å². The maximum Gasteiger partial charge on any atom is 0.320 e. The Hall–Kier alpha value is -3.21. The van der Waals surface area contributed by atoms with Crippen LogP contribution in [0.2, 0.25) is 0 Å². The SMILES string of the molecule is CCNC(=O)Nc1cc(Nc2ccccc2S(C)(=O)=O)c(C(=O)NC)nn1. The van der Waals surface area contributed by atoms with Crippen molar-refractivity contribution in [3.63, 3.8) is 0 Å². The van der Waals surface area contributed by atoms with Crippen molar-refractivity contribution in [2.45, 2.75) is 11.8 Å². The molecule has 0 fully saturated rings. The number of benzene rings is 1. The summed E-state index contributed by atoms with van der Waals surface area (Å²) in [6.45, 7) is 2.18. The number of sulfone groups is 1. The second-order valence-corrected chi connectivity index (χ2v) is 7.43. The lowest BCUT2D eigenvalue weighted by atomic mass is 10.2. The average molecular weight is 392 g/mol. The molecule has 0 saturated carbocycles. The number of anilines is 3. The molecule has 0 bridgehead atoms. The van der Waals surface area contributed by atoms with Crippen LogP contribution in [0.15, 0.2) is 35.2 Å². The summed E-state index contributed by atoms with van der Waals surface area (Å²) in [5.74, 6) is -0.431. The quantitative estimate of drug-likeness (QED) is 0.577. The molecular formula is C16H20N6O4S. The van der Waals surface area contributed by atoms with Gasteiger partial charge in [-0.1, -0.05) is 12.1 Å². The minimum absolute atomic E-state index is 0.0535. The van der Waals surface area contributed by atoms with Gasteiger partial charge in [0.15, 0.2) is 21.3 Å². The van der Waals surface area contributed by atoms with Crippen LogP contribution in [-0.4, -0.2) is 50.4 Å². The molecule has 0 aliphatic heterocycles. The minimum atomic E-state index is -3.51. The highest BCUT2D eigenvalue weighted by atomic mass is 32.2. The van der Waals surface area contributed by atoms with Crippen molar-refractivity contribution >= 4 is 39.0 Å². The highest BCUT2D eigenvalue weighted by molar-refractivity contribution is 7.90. The first-order valence-corrected chi connectivity index (χ1v) is 9.86. The van der Waals surface area contributed by atoms with Gasteiger partial charge in [-0.25, -0.2) is 13.2 Å². The van der Waals surface area contributed by atoms with E-state index >= 15 is 0 Å². The Labute approximate surface area is 156 Å². The smallest absolute Gasteiger partial charge is 0.320 e. The molecular weight excluding hydrogens is 372 g/mol. The third-order valence-corrected chi connectivity index (χ3v) is 4.53. The zero-order chi connectivity index (χ0) is 20.0. The van der Waals surface area contributed by atoms with Gasteiger partial charge in [-0.2, -0.15) is 0 Å². The summed E-state index contributed by atoms with van der Waals surface area (Å²) in [5.41, 5.74) is 0.400. The van der Waals surface area contributed by atoms with Crippen LogP contribution >= 0.6 is 0 Å². The number of amides is 3. The molecule has 11 heteroatoms. The molecule has 1 heterocycles. The molecule has 0 radical (unpaired) electrons. The van der Waals surface area contributed by atoms with Gasteiger partial charge in [0.2, 0.25) is 0 Å². The number of carbonyl (C=O) groups excluding carboxylic acids is 2. The van der Waals surface area contributed by atoms with E-state index in [1.807, 2.05) is 0 Å². The van der Waals surface area contributed by atoms with Gasteiger partial charge in [0.1, 0.15) is 0 Å². The molecule has 144 valence electrons. The Balaban J connectivity index is 2.47. The number of hydrogen-bond acceptors (Lipinski definition) is 7. The molecule has 2 aromatic rings. The Morgan fingerprint density at radius 2 is 1.81 bits per heavy atom. The monoisotopic (exact) mass is 392 g/mol. The highest BCUT2D eigenvalue weighted by Crippen LogP contribution is 2.27. The number of urea groups is 1. The van der Waals surface area contributed by atoms with Crippen molar-refractivity contribution in [3.05, 3.63) is 36.0 Å². The number of para-hydroxylation sites is 1. The van der Waals surface area contributed by atoms with E-state index in [2.05, 4.69) is 31.5 Å². The van der Waals surface area contributed by atoms with Gasteiger partial charge >= 0.3 is 6.03 Å². The lowest BCUT2D eigenvalue weighted by Crippen LogP contribution is -2.29. The molecule has 0 saturated heterocycles. The second-order valence-electron chi connectivity index (χ2n) is 5.45. The topological polar surface area (TPSA) is 142 Å². The fourth-order valence-electron chi connectivity index (χ4n) is 2.19. The molecule has 3 amide bonds.